The Morgan fingerprint density at radius 2 is 2.43 bits per heavy atom. The Hall–Kier alpha value is -0.740. The van der Waals surface area contributed by atoms with E-state index in [0.29, 0.717) is 13.0 Å². The molecule has 1 heterocycles. The molecule has 0 aliphatic carbocycles. The van der Waals surface area contributed by atoms with Crippen molar-refractivity contribution in [2.75, 3.05) is 6.54 Å². The van der Waals surface area contributed by atoms with Crippen LogP contribution in [0.4, 0.5) is 0 Å². The van der Waals surface area contributed by atoms with Gasteiger partial charge >= 0.3 is 0 Å². The van der Waals surface area contributed by atoms with Gasteiger partial charge in [0.1, 0.15) is 5.78 Å². The van der Waals surface area contributed by atoms with Crippen molar-refractivity contribution in [2.24, 2.45) is 11.1 Å². The van der Waals surface area contributed by atoms with Crippen LogP contribution in [0.15, 0.2) is 11.7 Å². The van der Waals surface area contributed by atoms with E-state index in [1.54, 1.807) is 11.7 Å². The van der Waals surface area contributed by atoms with Crippen LogP contribution in [0.25, 0.3) is 0 Å². The Morgan fingerprint density at radius 3 is 2.86 bits per heavy atom. The number of nitrogens with two attached hydrogens (primary N) is 1. The number of aromatic nitrogens is 1. The van der Waals surface area contributed by atoms with Crippen molar-refractivity contribution in [3.8, 4) is 0 Å². The molecule has 1 aromatic rings. The van der Waals surface area contributed by atoms with E-state index in [-0.39, 0.29) is 11.2 Å². The van der Waals surface area contributed by atoms with Crippen molar-refractivity contribution < 1.29 is 4.79 Å². The molecule has 0 amide bonds. The molecule has 0 radical (unpaired) electrons. The van der Waals surface area contributed by atoms with Gasteiger partial charge in [-0.1, -0.05) is 13.8 Å². The molecule has 1 atom stereocenters. The number of Topliss-reactive ketones (excluding diaryl/α,β-unsaturated/α-hetero) is 1. The van der Waals surface area contributed by atoms with E-state index >= 15 is 0 Å². The zero-order valence-electron chi connectivity index (χ0n) is 8.62. The van der Waals surface area contributed by atoms with Crippen LogP contribution in [0.3, 0.4) is 0 Å². The summed E-state index contributed by atoms with van der Waals surface area (Å²) in [5, 5.41) is 0. The minimum atomic E-state index is -0.371. The van der Waals surface area contributed by atoms with Crippen molar-refractivity contribution >= 4 is 17.1 Å². The van der Waals surface area contributed by atoms with Crippen LogP contribution in [0.5, 0.6) is 0 Å². The van der Waals surface area contributed by atoms with Crippen molar-refractivity contribution in [1.29, 1.82) is 0 Å². The summed E-state index contributed by atoms with van der Waals surface area (Å²) in [6.07, 6.45) is 3.00. The highest BCUT2D eigenvalue weighted by Gasteiger charge is 2.29. The van der Waals surface area contributed by atoms with Crippen molar-refractivity contribution in [3.63, 3.8) is 0 Å². The summed E-state index contributed by atoms with van der Waals surface area (Å²) in [7, 11) is 0. The predicted molar refractivity (Wildman–Crippen MR) is 58.3 cm³/mol. The first-order chi connectivity index (χ1) is 6.62. The first-order valence-electron chi connectivity index (χ1n) is 4.73. The zero-order valence-corrected chi connectivity index (χ0v) is 9.43. The van der Waals surface area contributed by atoms with Crippen LogP contribution >= 0.6 is 11.3 Å². The number of hydrogen-bond donors (Lipinski definition) is 1. The fraction of sp³-hybridized carbons (Fsp3) is 0.600. The molecule has 1 unspecified atom stereocenters. The van der Waals surface area contributed by atoms with E-state index in [4.69, 9.17) is 5.73 Å². The van der Waals surface area contributed by atoms with E-state index in [0.717, 1.165) is 11.3 Å². The van der Waals surface area contributed by atoms with Gasteiger partial charge in [0.15, 0.2) is 0 Å². The number of ketones is 1. The normalized spacial score (nSPS) is 15.1. The fourth-order valence-electron chi connectivity index (χ4n) is 1.16. The summed E-state index contributed by atoms with van der Waals surface area (Å²) in [5.74, 6) is 0.215. The molecule has 0 fully saturated rings. The summed E-state index contributed by atoms with van der Waals surface area (Å²) in [6.45, 7) is 4.34. The van der Waals surface area contributed by atoms with Crippen LogP contribution in [0.1, 0.15) is 25.1 Å². The molecule has 1 aromatic heterocycles. The highest BCUT2D eigenvalue weighted by molar-refractivity contribution is 7.09. The number of hydrogen-bond acceptors (Lipinski definition) is 4. The first kappa shape index (κ1) is 11.3. The maximum absolute atomic E-state index is 11.9. The quantitative estimate of drug-likeness (QED) is 0.807. The molecule has 0 saturated heterocycles. The SMILES string of the molecule is CCC(C)(CN)C(=O)Cc1cncs1. The molecule has 0 spiro atoms. The van der Waals surface area contributed by atoms with E-state index in [2.05, 4.69) is 4.98 Å². The zero-order chi connectivity index (χ0) is 10.6. The topological polar surface area (TPSA) is 56.0 Å². The van der Waals surface area contributed by atoms with E-state index in [1.807, 2.05) is 13.8 Å². The van der Waals surface area contributed by atoms with Crippen molar-refractivity contribution in [3.05, 3.63) is 16.6 Å². The van der Waals surface area contributed by atoms with Gasteiger partial charge in [-0.3, -0.25) is 9.78 Å². The smallest absolute Gasteiger partial charge is 0.145 e. The van der Waals surface area contributed by atoms with Crippen molar-refractivity contribution in [1.82, 2.24) is 4.98 Å². The summed E-state index contributed by atoms with van der Waals surface area (Å²) in [6, 6.07) is 0. The minimum Gasteiger partial charge on any atom is -0.329 e. The Labute approximate surface area is 88.3 Å². The van der Waals surface area contributed by atoms with Crippen LogP contribution in [0, 0.1) is 5.41 Å². The molecule has 1 rings (SSSR count). The number of carbonyl (C=O) groups excluding carboxylic acids is 1. The summed E-state index contributed by atoms with van der Waals surface area (Å²) < 4.78 is 0. The fourth-order valence-corrected chi connectivity index (χ4v) is 1.75. The van der Waals surface area contributed by atoms with Crippen LogP contribution in [-0.4, -0.2) is 17.3 Å². The third-order valence-electron chi connectivity index (χ3n) is 2.72. The molecule has 0 saturated carbocycles. The molecule has 2 N–H and O–H groups in total. The molecule has 78 valence electrons. The lowest BCUT2D eigenvalue weighted by atomic mass is 9.81. The molecular formula is C10H16N2OS. The third kappa shape index (κ3) is 2.39. The molecule has 0 bridgehead atoms. The second kappa shape index (κ2) is 4.66. The first-order valence-corrected chi connectivity index (χ1v) is 5.61. The lowest BCUT2D eigenvalue weighted by molar-refractivity contribution is -0.126. The van der Waals surface area contributed by atoms with Gasteiger partial charge in [-0.25, -0.2) is 0 Å². The third-order valence-corrected chi connectivity index (χ3v) is 3.50. The van der Waals surface area contributed by atoms with E-state index in [9.17, 15) is 4.79 Å². The van der Waals surface area contributed by atoms with Gasteiger partial charge in [-0.2, -0.15) is 0 Å². The van der Waals surface area contributed by atoms with Gasteiger partial charge in [0.2, 0.25) is 0 Å². The largest absolute Gasteiger partial charge is 0.329 e. The van der Waals surface area contributed by atoms with Gasteiger partial charge in [0, 0.05) is 29.5 Å². The summed E-state index contributed by atoms with van der Waals surface area (Å²) in [4.78, 5) is 16.9. The second-order valence-corrected chi connectivity index (χ2v) is 4.66. The average Bonchev–Trinajstić information content (AvgIpc) is 2.69. The van der Waals surface area contributed by atoms with Gasteiger partial charge in [-0.15, -0.1) is 11.3 Å². The molecule has 4 heteroatoms. The van der Waals surface area contributed by atoms with Gasteiger partial charge < -0.3 is 5.73 Å². The average molecular weight is 212 g/mol. The highest BCUT2D eigenvalue weighted by atomic mass is 32.1. The van der Waals surface area contributed by atoms with E-state index in [1.165, 1.54) is 11.3 Å². The molecule has 0 aliphatic heterocycles. The minimum absolute atomic E-state index is 0.215. The Kier molecular flexibility index (Phi) is 3.77. The number of rotatable bonds is 5. The Bertz CT molecular complexity index is 291. The van der Waals surface area contributed by atoms with Crippen LogP contribution in [-0.2, 0) is 11.2 Å². The summed E-state index contributed by atoms with van der Waals surface area (Å²) in [5.41, 5.74) is 6.99. The van der Waals surface area contributed by atoms with Crippen molar-refractivity contribution in [2.45, 2.75) is 26.7 Å². The van der Waals surface area contributed by atoms with Crippen LogP contribution < -0.4 is 5.73 Å². The van der Waals surface area contributed by atoms with Gasteiger partial charge in [-0.05, 0) is 6.42 Å². The highest BCUT2D eigenvalue weighted by Crippen LogP contribution is 2.23. The van der Waals surface area contributed by atoms with Gasteiger partial charge in [0.25, 0.3) is 0 Å². The van der Waals surface area contributed by atoms with E-state index < -0.39 is 0 Å². The lowest BCUT2D eigenvalue weighted by Crippen LogP contribution is -2.36. The number of nitrogens with zero attached hydrogens (tertiary/aromatic N) is 1. The Morgan fingerprint density at radius 1 is 1.71 bits per heavy atom. The van der Waals surface area contributed by atoms with Gasteiger partial charge in [0.05, 0.1) is 5.51 Å². The lowest BCUT2D eigenvalue weighted by Gasteiger charge is -2.24. The maximum Gasteiger partial charge on any atom is 0.145 e. The summed E-state index contributed by atoms with van der Waals surface area (Å²) >= 11 is 1.52. The molecule has 0 aliphatic rings. The molecule has 14 heavy (non-hydrogen) atoms. The standard InChI is InChI=1S/C10H16N2OS/c1-3-10(2,6-11)9(13)4-8-5-12-7-14-8/h5,7H,3-4,6,11H2,1-2H3. The monoisotopic (exact) mass is 212 g/mol. The Balaban J connectivity index is 2.66. The number of carbonyl (C=O) groups is 1. The molecule has 0 aromatic carbocycles. The second-order valence-electron chi connectivity index (χ2n) is 3.69. The molecular weight excluding hydrogens is 196 g/mol. The van der Waals surface area contributed by atoms with Crippen LogP contribution in [0.2, 0.25) is 0 Å². The predicted octanol–water partition coefficient (Wildman–Crippen LogP) is 1.63. The maximum atomic E-state index is 11.9. The number of thiazole rings is 1. The molecule has 3 nitrogen and oxygen atoms in total.